The molecule has 0 saturated carbocycles. The maximum atomic E-state index is 12.2. The Morgan fingerprint density at radius 2 is 1.85 bits per heavy atom. The zero-order chi connectivity index (χ0) is 18.5. The molecule has 0 atom stereocenters. The van der Waals surface area contributed by atoms with Gasteiger partial charge in [-0.1, -0.05) is 11.6 Å². The molecule has 0 spiro atoms. The van der Waals surface area contributed by atoms with Crippen molar-refractivity contribution >= 4 is 45.7 Å². The number of piperazine rings is 1. The number of rotatable bonds is 4. The van der Waals surface area contributed by atoms with Crippen molar-refractivity contribution in [1.29, 1.82) is 0 Å². The van der Waals surface area contributed by atoms with Crippen LogP contribution in [-0.2, 0) is 11.2 Å². The molecule has 2 N–H and O–H groups in total. The minimum atomic E-state index is -0.172. The first-order chi connectivity index (χ1) is 12.5. The Hall–Kier alpha value is -2.16. The fourth-order valence-electron chi connectivity index (χ4n) is 2.53. The van der Waals surface area contributed by atoms with Gasteiger partial charge in [0.1, 0.15) is 0 Å². The minimum absolute atomic E-state index is 0.142. The van der Waals surface area contributed by atoms with Crippen LogP contribution in [0.2, 0.25) is 5.02 Å². The van der Waals surface area contributed by atoms with Crippen LogP contribution in [0.3, 0.4) is 0 Å². The lowest BCUT2D eigenvalue weighted by atomic mass is 10.3. The Morgan fingerprint density at radius 3 is 2.54 bits per heavy atom. The lowest BCUT2D eigenvalue weighted by Gasteiger charge is -2.32. The van der Waals surface area contributed by atoms with Crippen LogP contribution in [0, 0.1) is 0 Å². The zero-order valence-electron chi connectivity index (χ0n) is 14.4. The van der Waals surface area contributed by atoms with Gasteiger partial charge in [-0.15, -0.1) is 11.3 Å². The van der Waals surface area contributed by atoms with Crippen molar-refractivity contribution in [2.75, 3.05) is 43.9 Å². The molecule has 2 aromatic rings. The molecule has 1 aromatic heterocycles. The number of nitrogens with one attached hydrogen (secondary N) is 2. The first-order valence-electron chi connectivity index (χ1n) is 8.24. The highest BCUT2D eigenvalue weighted by molar-refractivity contribution is 7.13. The monoisotopic (exact) mass is 393 g/mol. The van der Waals surface area contributed by atoms with Crippen LogP contribution in [0.5, 0.6) is 0 Å². The first kappa shape index (κ1) is 18.6. The van der Waals surface area contributed by atoms with Crippen LogP contribution < -0.4 is 10.6 Å². The number of benzene rings is 1. The summed E-state index contributed by atoms with van der Waals surface area (Å²) < 4.78 is 0. The van der Waals surface area contributed by atoms with Crippen LogP contribution >= 0.6 is 22.9 Å². The number of urea groups is 1. The molecule has 0 bridgehead atoms. The van der Waals surface area contributed by atoms with E-state index in [1.165, 1.54) is 11.3 Å². The summed E-state index contributed by atoms with van der Waals surface area (Å²) in [6.45, 7) is 3.12. The van der Waals surface area contributed by atoms with Crippen molar-refractivity contribution in [3.05, 3.63) is 40.4 Å². The Balaban J connectivity index is 1.50. The molecule has 26 heavy (non-hydrogen) atoms. The zero-order valence-corrected chi connectivity index (χ0v) is 15.9. The maximum Gasteiger partial charge on any atom is 0.323 e. The van der Waals surface area contributed by atoms with E-state index < -0.39 is 0 Å². The number of aromatic nitrogens is 1. The van der Waals surface area contributed by atoms with Gasteiger partial charge in [-0.25, -0.2) is 9.78 Å². The standard InChI is InChI=1S/C17H20ClN5O2S/c1-22-6-8-23(9-7-22)17(25)21-16-20-14(11-26-16)10-15(24)19-13-4-2-12(18)3-5-13/h2-5,11H,6-10H2,1H3,(H,19,24)(H,20,21,25). The average molecular weight is 394 g/mol. The Kier molecular flexibility index (Phi) is 6.08. The van der Waals surface area contributed by atoms with Gasteiger partial charge in [0.05, 0.1) is 12.1 Å². The van der Waals surface area contributed by atoms with E-state index >= 15 is 0 Å². The van der Waals surface area contributed by atoms with Crippen LogP contribution in [0.1, 0.15) is 5.69 Å². The lowest BCUT2D eigenvalue weighted by Crippen LogP contribution is -2.48. The fraction of sp³-hybridized carbons (Fsp3) is 0.353. The number of thiazole rings is 1. The molecule has 0 radical (unpaired) electrons. The third-order valence-electron chi connectivity index (χ3n) is 4.03. The van der Waals surface area contributed by atoms with Gasteiger partial charge in [-0.05, 0) is 31.3 Å². The third kappa shape index (κ3) is 5.17. The highest BCUT2D eigenvalue weighted by Gasteiger charge is 2.20. The van der Waals surface area contributed by atoms with E-state index in [-0.39, 0.29) is 18.4 Å². The molecule has 1 saturated heterocycles. The molecule has 3 rings (SSSR count). The Labute approximate surface area is 161 Å². The first-order valence-corrected chi connectivity index (χ1v) is 9.49. The van der Waals surface area contributed by atoms with Crippen molar-refractivity contribution in [2.45, 2.75) is 6.42 Å². The summed E-state index contributed by atoms with van der Waals surface area (Å²) in [5.41, 5.74) is 1.30. The van der Waals surface area contributed by atoms with Crippen molar-refractivity contribution in [3.63, 3.8) is 0 Å². The van der Waals surface area contributed by atoms with Crippen molar-refractivity contribution in [1.82, 2.24) is 14.8 Å². The van der Waals surface area contributed by atoms with Crippen molar-refractivity contribution in [3.8, 4) is 0 Å². The molecule has 1 aromatic carbocycles. The van der Waals surface area contributed by atoms with E-state index in [2.05, 4.69) is 20.5 Å². The van der Waals surface area contributed by atoms with Gasteiger partial charge < -0.3 is 15.1 Å². The van der Waals surface area contributed by atoms with Gasteiger partial charge in [0, 0.05) is 42.3 Å². The Bertz CT molecular complexity index is 772. The smallest absolute Gasteiger partial charge is 0.323 e. The molecule has 3 amide bonds. The third-order valence-corrected chi connectivity index (χ3v) is 5.08. The molecule has 138 valence electrons. The molecule has 1 fully saturated rings. The molecule has 1 aliphatic heterocycles. The predicted molar refractivity (Wildman–Crippen MR) is 104 cm³/mol. The maximum absolute atomic E-state index is 12.2. The topological polar surface area (TPSA) is 77.6 Å². The van der Waals surface area contributed by atoms with E-state index in [0.717, 1.165) is 13.1 Å². The second-order valence-electron chi connectivity index (χ2n) is 6.10. The van der Waals surface area contributed by atoms with Crippen LogP contribution in [0.25, 0.3) is 0 Å². The molecule has 7 nitrogen and oxygen atoms in total. The highest BCUT2D eigenvalue weighted by atomic mass is 35.5. The summed E-state index contributed by atoms with van der Waals surface area (Å²) in [6, 6.07) is 6.76. The fourth-order valence-corrected chi connectivity index (χ4v) is 3.35. The second kappa shape index (κ2) is 8.48. The highest BCUT2D eigenvalue weighted by Crippen LogP contribution is 2.18. The van der Waals surface area contributed by atoms with Gasteiger partial charge in [0.2, 0.25) is 5.91 Å². The number of anilines is 2. The Morgan fingerprint density at radius 1 is 1.15 bits per heavy atom. The van der Waals surface area contributed by atoms with E-state index in [1.54, 1.807) is 34.5 Å². The summed E-state index contributed by atoms with van der Waals surface area (Å²) in [5, 5.41) is 8.49. The average Bonchev–Trinajstić information content (AvgIpc) is 3.04. The second-order valence-corrected chi connectivity index (χ2v) is 7.39. The molecule has 2 heterocycles. The van der Waals surface area contributed by atoms with E-state index in [1.807, 2.05) is 7.05 Å². The number of amides is 3. The quantitative estimate of drug-likeness (QED) is 0.837. The van der Waals surface area contributed by atoms with Crippen molar-refractivity contribution in [2.24, 2.45) is 0 Å². The minimum Gasteiger partial charge on any atom is -0.326 e. The van der Waals surface area contributed by atoms with Crippen molar-refractivity contribution < 1.29 is 9.59 Å². The molecular formula is C17H20ClN5O2S. The summed E-state index contributed by atoms with van der Waals surface area (Å²) >= 11 is 7.14. The number of hydrogen-bond donors (Lipinski definition) is 2. The predicted octanol–water partition coefficient (Wildman–Crippen LogP) is 2.76. The van der Waals surface area contributed by atoms with E-state index in [4.69, 9.17) is 11.6 Å². The molecule has 0 unspecified atom stereocenters. The molecule has 0 aliphatic carbocycles. The molecule has 1 aliphatic rings. The summed E-state index contributed by atoms with van der Waals surface area (Å²) in [4.78, 5) is 32.6. The summed E-state index contributed by atoms with van der Waals surface area (Å²) in [6.07, 6.45) is 0.142. The lowest BCUT2D eigenvalue weighted by molar-refractivity contribution is -0.115. The van der Waals surface area contributed by atoms with Gasteiger partial charge in [0.25, 0.3) is 0 Å². The molecular weight excluding hydrogens is 374 g/mol. The summed E-state index contributed by atoms with van der Waals surface area (Å²) in [5.74, 6) is -0.172. The van der Waals surface area contributed by atoms with E-state index in [0.29, 0.717) is 34.6 Å². The number of hydrogen-bond acceptors (Lipinski definition) is 5. The number of halogens is 1. The number of carbonyl (C=O) groups excluding carboxylic acids is 2. The normalized spacial score (nSPS) is 14.9. The van der Waals surface area contributed by atoms with Crippen LogP contribution in [0.4, 0.5) is 15.6 Å². The van der Waals surface area contributed by atoms with Gasteiger partial charge in [0.15, 0.2) is 5.13 Å². The van der Waals surface area contributed by atoms with Gasteiger partial charge in [-0.2, -0.15) is 0 Å². The largest absolute Gasteiger partial charge is 0.326 e. The number of carbonyl (C=O) groups is 2. The number of nitrogens with zero attached hydrogens (tertiary/aromatic N) is 3. The SMILES string of the molecule is CN1CCN(C(=O)Nc2nc(CC(=O)Nc3ccc(Cl)cc3)cs2)CC1. The van der Waals surface area contributed by atoms with Gasteiger partial charge in [-0.3, -0.25) is 10.1 Å². The van der Waals surface area contributed by atoms with E-state index in [9.17, 15) is 9.59 Å². The van der Waals surface area contributed by atoms with Gasteiger partial charge >= 0.3 is 6.03 Å². The van der Waals surface area contributed by atoms with Crippen LogP contribution in [-0.4, -0.2) is 59.9 Å². The number of likely N-dealkylation sites (N-methyl/N-ethyl adjacent to an activating group) is 1. The summed E-state index contributed by atoms with van der Waals surface area (Å²) in [7, 11) is 2.04. The molecule has 9 heteroatoms. The van der Waals surface area contributed by atoms with Crippen LogP contribution in [0.15, 0.2) is 29.6 Å².